The van der Waals surface area contributed by atoms with Crippen molar-refractivity contribution in [3.8, 4) is 5.75 Å². The maximum Gasteiger partial charge on any atom is 0.338 e. The molecule has 0 bridgehead atoms. The van der Waals surface area contributed by atoms with Crippen LogP contribution >= 0.6 is 0 Å². The van der Waals surface area contributed by atoms with Gasteiger partial charge in [0, 0.05) is 18.8 Å². The highest BCUT2D eigenvalue weighted by atomic mass is 16.5. The number of esters is 1. The van der Waals surface area contributed by atoms with Crippen molar-refractivity contribution < 1.29 is 19.1 Å². The van der Waals surface area contributed by atoms with E-state index in [9.17, 15) is 9.59 Å². The predicted octanol–water partition coefficient (Wildman–Crippen LogP) is 3.66. The van der Waals surface area contributed by atoms with Gasteiger partial charge in [0.1, 0.15) is 5.75 Å². The van der Waals surface area contributed by atoms with Gasteiger partial charge in [0.05, 0.1) is 25.3 Å². The number of urea groups is 1. The van der Waals surface area contributed by atoms with Crippen LogP contribution in [0.4, 0.5) is 4.79 Å². The first-order chi connectivity index (χ1) is 16.0. The first-order valence-electron chi connectivity index (χ1n) is 11.4. The molecule has 7 nitrogen and oxygen atoms in total. The zero-order valence-electron chi connectivity index (χ0n) is 19.4. The van der Waals surface area contributed by atoms with Crippen molar-refractivity contribution >= 4 is 12.0 Å². The molecule has 2 aliphatic heterocycles. The van der Waals surface area contributed by atoms with Crippen molar-refractivity contribution in [3.05, 3.63) is 76.5 Å². The number of hydrogen-bond donors (Lipinski definition) is 2. The normalized spacial score (nSPS) is 20.9. The summed E-state index contributed by atoms with van der Waals surface area (Å²) in [6, 6.07) is 15.1. The molecule has 0 saturated carbocycles. The second-order valence-corrected chi connectivity index (χ2v) is 8.55. The minimum absolute atomic E-state index is 0.262. The Hall–Kier alpha value is -3.32. The molecule has 0 aromatic heterocycles. The Morgan fingerprint density at radius 2 is 1.79 bits per heavy atom. The van der Waals surface area contributed by atoms with Crippen LogP contribution in [0.1, 0.15) is 42.0 Å². The topological polar surface area (TPSA) is 79.9 Å². The lowest BCUT2D eigenvalue weighted by atomic mass is 9.95. The number of nitrogens with one attached hydrogen (secondary N) is 2. The third-order valence-electron chi connectivity index (χ3n) is 6.30. The van der Waals surface area contributed by atoms with E-state index >= 15 is 0 Å². The number of hydrogen-bond acceptors (Lipinski definition) is 5. The molecule has 0 aliphatic carbocycles. The summed E-state index contributed by atoms with van der Waals surface area (Å²) < 4.78 is 10.6. The van der Waals surface area contributed by atoms with Crippen molar-refractivity contribution in [1.82, 2.24) is 15.5 Å². The number of aryl methyl sites for hydroxylation is 1. The van der Waals surface area contributed by atoms with E-state index in [1.54, 1.807) is 14.0 Å². The SMILES string of the molecule is CCOC(=O)C1=C(CN2CC[C@@H](c3ccc(C)cc3)C2)NC(=O)N[C@@H]1c1ccc(OC)cc1. The molecule has 174 valence electrons. The molecule has 2 aromatic carbocycles. The molecule has 1 saturated heterocycles. The van der Waals surface area contributed by atoms with Gasteiger partial charge in [-0.05, 0) is 56.0 Å². The fourth-order valence-electron chi connectivity index (χ4n) is 4.55. The summed E-state index contributed by atoms with van der Waals surface area (Å²) >= 11 is 0. The van der Waals surface area contributed by atoms with E-state index in [0.29, 0.717) is 29.5 Å². The number of likely N-dealkylation sites (tertiary alicyclic amines) is 1. The van der Waals surface area contributed by atoms with Crippen LogP contribution in [0.2, 0.25) is 0 Å². The molecule has 2 N–H and O–H groups in total. The van der Waals surface area contributed by atoms with Crippen molar-refractivity contribution in [3.63, 3.8) is 0 Å². The minimum atomic E-state index is -0.589. The summed E-state index contributed by atoms with van der Waals surface area (Å²) in [5, 5.41) is 5.77. The summed E-state index contributed by atoms with van der Waals surface area (Å²) in [6.07, 6.45) is 1.04. The maximum atomic E-state index is 13.0. The highest BCUT2D eigenvalue weighted by Crippen LogP contribution is 2.32. The van der Waals surface area contributed by atoms with Crippen molar-refractivity contribution in [1.29, 1.82) is 0 Å². The standard InChI is InChI=1S/C26H31N3O4/c1-4-33-25(30)23-22(16-29-14-13-20(15-29)18-7-5-17(2)6-8-18)27-26(31)28-24(23)19-9-11-21(32-3)12-10-19/h5-12,20,24H,4,13-16H2,1-3H3,(H2,27,28,31)/t20-,24-/m1/s1. The average Bonchev–Trinajstić information content (AvgIpc) is 3.27. The van der Waals surface area contributed by atoms with Crippen LogP contribution in [-0.4, -0.2) is 50.3 Å². The van der Waals surface area contributed by atoms with Gasteiger partial charge in [-0.15, -0.1) is 0 Å². The smallest absolute Gasteiger partial charge is 0.338 e. The van der Waals surface area contributed by atoms with Crippen molar-refractivity contribution in [2.24, 2.45) is 0 Å². The van der Waals surface area contributed by atoms with Crippen LogP contribution in [0.3, 0.4) is 0 Å². The quantitative estimate of drug-likeness (QED) is 0.631. The van der Waals surface area contributed by atoms with E-state index in [-0.39, 0.29) is 12.6 Å². The highest BCUT2D eigenvalue weighted by Gasteiger charge is 2.35. The monoisotopic (exact) mass is 449 g/mol. The lowest BCUT2D eigenvalue weighted by Crippen LogP contribution is -2.48. The van der Waals surface area contributed by atoms with Gasteiger partial charge < -0.3 is 20.1 Å². The Kier molecular flexibility index (Phi) is 6.99. The zero-order chi connectivity index (χ0) is 23.4. The van der Waals surface area contributed by atoms with Crippen LogP contribution < -0.4 is 15.4 Å². The van der Waals surface area contributed by atoms with Gasteiger partial charge in [-0.25, -0.2) is 9.59 Å². The number of nitrogens with zero attached hydrogens (tertiary/aromatic N) is 1. The molecule has 2 atom stereocenters. The number of benzene rings is 2. The molecule has 0 spiro atoms. The number of ether oxygens (including phenoxy) is 2. The number of carbonyl (C=O) groups excluding carboxylic acids is 2. The summed E-state index contributed by atoms with van der Waals surface area (Å²) in [4.78, 5) is 27.8. The summed E-state index contributed by atoms with van der Waals surface area (Å²) in [6.45, 7) is 6.39. The lowest BCUT2D eigenvalue weighted by molar-refractivity contribution is -0.139. The molecule has 0 unspecified atom stereocenters. The van der Waals surface area contributed by atoms with E-state index in [4.69, 9.17) is 9.47 Å². The largest absolute Gasteiger partial charge is 0.497 e. The Balaban J connectivity index is 1.60. The second kappa shape index (κ2) is 10.1. The Labute approximate surface area is 194 Å². The lowest BCUT2D eigenvalue weighted by Gasteiger charge is -2.31. The first-order valence-corrected chi connectivity index (χ1v) is 11.4. The highest BCUT2D eigenvalue weighted by molar-refractivity contribution is 5.95. The Bertz CT molecular complexity index is 1030. The fraction of sp³-hybridized carbons (Fsp3) is 0.385. The van der Waals surface area contributed by atoms with Gasteiger partial charge in [0.2, 0.25) is 0 Å². The fourth-order valence-corrected chi connectivity index (χ4v) is 4.55. The van der Waals surface area contributed by atoms with E-state index < -0.39 is 12.0 Å². The van der Waals surface area contributed by atoms with Gasteiger partial charge in [0.15, 0.2) is 0 Å². The van der Waals surface area contributed by atoms with E-state index in [1.165, 1.54) is 11.1 Å². The van der Waals surface area contributed by atoms with Crippen LogP contribution in [0.5, 0.6) is 5.75 Å². The number of rotatable bonds is 7. The molecular weight excluding hydrogens is 418 g/mol. The molecule has 2 heterocycles. The van der Waals surface area contributed by atoms with Gasteiger partial charge >= 0.3 is 12.0 Å². The Morgan fingerprint density at radius 1 is 1.09 bits per heavy atom. The van der Waals surface area contributed by atoms with Gasteiger partial charge in [-0.1, -0.05) is 42.0 Å². The molecule has 0 radical (unpaired) electrons. The Morgan fingerprint density at radius 3 is 2.45 bits per heavy atom. The molecule has 2 aromatic rings. The average molecular weight is 450 g/mol. The van der Waals surface area contributed by atoms with Crippen LogP contribution in [0, 0.1) is 6.92 Å². The van der Waals surface area contributed by atoms with Crippen molar-refractivity contribution in [2.75, 3.05) is 33.4 Å². The molecular formula is C26H31N3O4. The van der Waals surface area contributed by atoms with Gasteiger partial charge in [-0.2, -0.15) is 0 Å². The molecule has 2 amide bonds. The zero-order valence-corrected chi connectivity index (χ0v) is 19.4. The molecule has 2 aliphatic rings. The second-order valence-electron chi connectivity index (χ2n) is 8.55. The maximum absolute atomic E-state index is 13.0. The molecule has 7 heteroatoms. The number of methoxy groups -OCH3 is 1. The van der Waals surface area contributed by atoms with Crippen molar-refractivity contribution in [2.45, 2.75) is 32.2 Å². The van der Waals surface area contributed by atoms with Gasteiger partial charge in [-0.3, -0.25) is 4.90 Å². The molecule has 1 fully saturated rings. The van der Waals surface area contributed by atoms with Crippen LogP contribution in [0.25, 0.3) is 0 Å². The summed E-state index contributed by atoms with van der Waals surface area (Å²) in [5.74, 6) is 0.724. The summed E-state index contributed by atoms with van der Waals surface area (Å²) in [7, 11) is 1.60. The number of amides is 2. The first kappa shape index (κ1) is 22.9. The van der Waals surface area contributed by atoms with E-state index in [2.05, 4.69) is 46.7 Å². The van der Waals surface area contributed by atoms with Gasteiger partial charge in [0.25, 0.3) is 0 Å². The van der Waals surface area contributed by atoms with E-state index in [0.717, 1.165) is 25.1 Å². The molecule has 33 heavy (non-hydrogen) atoms. The summed E-state index contributed by atoms with van der Waals surface area (Å²) in [5.41, 5.74) is 4.42. The molecule has 4 rings (SSSR count). The van der Waals surface area contributed by atoms with Crippen LogP contribution in [-0.2, 0) is 9.53 Å². The van der Waals surface area contributed by atoms with Crippen LogP contribution in [0.15, 0.2) is 59.8 Å². The number of carbonyl (C=O) groups is 2. The third kappa shape index (κ3) is 5.20. The van der Waals surface area contributed by atoms with E-state index in [1.807, 2.05) is 24.3 Å². The minimum Gasteiger partial charge on any atom is -0.497 e. The third-order valence-corrected chi connectivity index (χ3v) is 6.30. The predicted molar refractivity (Wildman–Crippen MR) is 126 cm³/mol.